The molecule has 64 valence electrons. The zero-order valence-corrected chi connectivity index (χ0v) is 7.80. The first-order chi connectivity index (χ1) is 5.84. The molecule has 0 unspecified atom stereocenters. The minimum atomic E-state index is 0.458. The summed E-state index contributed by atoms with van der Waals surface area (Å²) >= 11 is 1.70. The second-order valence-corrected chi connectivity index (χ2v) is 3.37. The van der Waals surface area contributed by atoms with Gasteiger partial charge in [0.1, 0.15) is 6.61 Å². The molecule has 12 heavy (non-hydrogen) atoms. The summed E-state index contributed by atoms with van der Waals surface area (Å²) in [7, 11) is 0. The first kappa shape index (κ1) is 9.00. The Morgan fingerprint density at radius 3 is 3.17 bits per heavy atom. The van der Waals surface area contributed by atoms with Crippen molar-refractivity contribution in [3.8, 4) is 0 Å². The topological polar surface area (TPSA) is 21.6 Å². The third-order valence-electron chi connectivity index (χ3n) is 1.36. The predicted molar refractivity (Wildman–Crippen MR) is 52.8 cm³/mol. The average Bonchev–Trinajstić information content (AvgIpc) is 2.46. The molecular weight excluding hydrogens is 170 g/mol. The molecule has 0 aromatic carbocycles. The van der Waals surface area contributed by atoms with Crippen molar-refractivity contribution in [2.75, 3.05) is 6.61 Å². The van der Waals surface area contributed by atoms with Gasteiger partial charge >= 0.3 is 0 Å². The zero-order valence-electron chi connectivity index (χ0n) is 6.99. The highest BCUT2D eigenvalue weighted by atomic mass is 32.1. The molecule has 3 heteroatoms. The van der Waals surface area contributed by atoms with Crippen LogP contribution in [0.1, 0.15) is 10.4 Å². The molecule has 2 nitrogen and oxygen atoms in total. The molecule has 0 saturated heterocycles. The van der Waals surface area contributed by atoms with Gasteiger partial charge in [0.05, 0.1) is 6.21 Å². The summed E-state index contributed by atoms with van der Waals surface area (Å²) in [6, 6.07) is 2.01. The van der Waals surface area contributed by atoms with E-state index in [0.717, 1.165) is 5.56 Å². The van der Waals surface area contributed by atoms with Gasteiger partial charge in [-0.1, -0.05) is 17.8 Å². The number of oxime groups is 1. The smallest absolute Gasteiger partial charge is 0.135 e. The van der Waals surface area contributed by atoms with E-state index in [-0.39, 0.29) is 0 Å². The molecule has 1 rings (SSSR count). The number of rotatable bonds is 4. The molecule has 1 heterocycles. The second-order valence-electron chi connectivity index (χ2n) is 2.25. The third-order valence-corrected chi connectivity index (χ3v) is 2.22. The fourth-order valence-electron chi connectivity index (χ4n) is 0.719. The number of thiophene rings is 1. The van der Waals surface area contributed by atoms with E-state index in [1.807, 2.05) is 11.4 Å². The Kier molecular flexibility index (Phi) is 3.54. The van der Waals surface area contributed by atoms with Crippen LogP contribution < -0.4 is 0 Å². The van der Waals surface area contributed by atoms with Gasteiger partial charge in [0.2, 0.25) is 0 Å². The Morgan fingerprint density at radius 1 is 1.75 bits per heavy atom. The van der Waals surface area contributed by atoms with Crippen LogP contribution in [0.2, 0.25) is 0 Å². The fraction of sp³-hybridized carbons (Fsp3) is 0.222. The van der Waals surface area contributed by atoms with E-state index < -0.39 is 0 Å². The van der Waals surface area contributed by atoms with Crippen molar-refractivity contribution in [3.63, 3.8) is 0 Å². The molecule has 0 atom stereocenters. The molecule has 0 aliphatic carbocycles. The largest absolute Gasteiger partial charge is 0.392 e. The van der Waals surface area contributed by atoms with E-state index in [2.05, 4.69) is 18.7 Å². The summed E-state index contributed by atoms with van der Waals surface area (Å²) in [4.78, 5) is 6.12. The minimum absolute atomic E-state index is 0.458. The molecular formula is C9H11NOS. The maximum absolute atomic E-state index is 4.87. The molecule has 0 bridgehead atoms. The lowest BCUT2D eigenvalue weighted by atomic mass is 10.3. The second kappa shape index (κ2) is 4.72. The summed E-state index contributed by atoms with van der Waals surface area (Å²) < 4.78 is 0. The van der Waals surface area contributed by atoms with Crippen LogP contribution in [-0.2, 0) is 4.84 Å². The lowest BCUT2D eigenvalue weighted by molar-refractivity contribution is 0.176. The molecule has 0 aliphatic heterocycles. The Bertz CT molecular complexity index is 278. The van der Waals surface area contributed by atoms with Gasteiger partial charge in [0, 0.05) is 10.4 Å². The van der Waals surface area contributed by atoms with Crippen molar-refractivity contribution >= 4 is 17.6 Å². The van der Waals surface area contributed by atoms with E-state index in [4.69, 9.17) is 4.84 Å². The Morgan fingerprint density at radius 2 is 2.58 bits per heavy atom. The van der Waals surface area contributed by atoms with Gasteiger partial charge in [-0.05, 0) is 18.4 Å². The van der Waals surface area contributed by atoms with Crippen molar-refractivity contribution in [3.05, 3.63) is 34.5 Å². The van der Waals surface area contributed by atoms with E-state index in [1.54, 1.807) is 23.6 Å². The monoisotopic (exact) mass is 181 g/mol. The van der Waals surface area contributed by atoms with Crippen molar-refractivity contribution in [2.24, 2.45) is 5.16 Å². The SMILES string of the molecule is C=CCON=Cc1ccsc1C. The molecule has 1 aromatic rings. The number of nitrogens with zero attached hydrogens (tertiary/aromatic N) is 1. The predicted octanol–water partition coefficient (Wildman–Crippen LogP) is 2.59. The van der Waals surface area contributed by atoms with E-state index in [9.17, 15) is 0 Å². The van der Waals surface area contributed by atoms with E-state index in [0.29, 0.717) is 6.61 Å². The van der Waals surface area contributed by atoms with Crippen LogP contribution in [0.5, 0.6) is 0 Å². The number of hydrogen-bond donors (Lipinski definition) is 0. The molecule has 0 saturated carbocycles. The van der Waals surface area contributed by atoms with Crippen molar-refractivity contribution in [2.45, 2.75) is 6.92 Å². The summed E-state index contributed by atoms with van der Waals surface area (Å²) in [5, 5.41) is 5.81. The lowest BCUT2D eigenvalue weighted by Gasteiger charge is -1.91. The van der Waals surface area contributed by atoms with Crippen molar-refractivity contribution in [1.82, 2.24) is 0 Å². The maximum Gasteiger partial charge on any atom is 0.135 e. The highest BCUT2D eigenvalue weighted by Gasteiger charge is 1.93. The van der Waals surface area contributed by atoms with Crippen LogP contribution in [0.25, 0.3) is 0 Å². The van der Waals surface area contributed by atoms with Gasteiger partial charge in [-0.2, -0.15) is 0 Å². The minimum Gasteiger partial charge on any atom is -0.392 e. The average molecular weight is 181 g/mol. The van der Waals surface area contributed by atoms with E-state index in [1.165, 1.54) is 4.88 Å². The van der Waals surface area contributed by atoms with Gasteiger partial charge in [0.15, 0.2) is 0 Å². The van der Waals surface area contributed by atoms with Crippen LogP contribution >= 0.6 is 11.3 Å². The van der Waals surface area contributed by atoms with Gasteiger partial charge < -0.3 is 4.84 Å². The maximum atomic E-state index is 4.87. The molecule has 0 spiro atoms. The highest BCUT2D eigenvalue weighted by molar-refractivity contribution is 7.10. The standard InChI is InChI=1S/C9H11NOS/c1-3-5-11-10-7-9-4-6-12-8(9)2/h3-4,6-7H,1,5H2,2H3. The molecule has 1 aromatic heterocycles. The van der Waals surface area contributed by atoms with E-state index >= 15 is 0 Å². The molecule has 0 fully saturated rings. The van der Waals surface area contributed by atoms with Crippen molar-refractivity contribution in [1.29, 1.82) is 0 Å². The van der Waals surface area contributed by atoms with Crippen LogP contribution in [0, 0.1) is 6.92 Å². The molecule has 0 aliphatic rings. The number of aryl methyl sites for hydroxylation is 1. The van der Waals surface area contributed by atoms with Crippen LogP contribution in [0.15, 0.2) is 29.3 Å². The zero-order chi connectivity index (χ0) is 8.81. The van der Waals surface area contributed by atoms with Crippen molar-refractivity contribution < 1.29 is 4.84 Å². The van der Waals surface area contributed by atoms with Gasteiger partial charge in [-0.15, -0.1) is 11.3 Å². The van der Waals surface area contributed by atoms with Gasteiger partial charge in [-0.3, -0.25) is 0 Å². The first-order valence-electron chi connectivity index (χ1n) is 3.65. The normalized spacial score (nSPS) is 10.4. The third kappa shape index (κ3) is 2.51. The van der Waals surface area contributed by atoms with Gasteiger partial charge in [-0.25, -0.2) is 0 Å². The van der Waals surface area contributed by atoms with Crippen LogP contribution in [0.3, 0.4) is 0 Å². The quantitative estimate of drug-likeness (QED) is 0.303. The lowest BCUT2D eigenvalue weighted by Crippen LogP contribution is -1.84. The van der Waals surface area contributed by atoms with Crippen LogP contribution in [-0.4, -0.2) is 12.8 Å². The number of hydrogen-bond acceptors (Lipinski definition) is 3. The summed E-state index contributed by atoms with van der Waals surface area (Å²) in [6.07, 6.45) is 3.38. The summed E-state index contributed by atoms with van der Waals surface area (Å²) in [5.74, 6) is 0. The molecule has 0 amide bonds. The molecule has 0 N–H and O–H groups in total. The highest BCUT2D eigenvalue weighted by Crippen LogP contribution is 2.12. The summed E-state index contributed by atoms with van der Waals surface area (Å²) in [5.41, 5.74) is 1.11. The summed E-state index contributed by atoms with van der Waals surface area (Å²) in [6.45, 7) is 6.03. The van der Waals surface area contributed by atoms with Gasteiger partial charge in [0.25, 0.3) is 0 Å². The van der Waals surface area contributed by atoms with Crippen LogP contribution in [0.4, 0.5) is 0 Å². The Balaban J connectivity index is 2.46. The Labute approximate surface area is 76.2 Å². The molecule has 0 radical (unpaired) electrons. The fourth-order valence-corrected chi connectivity index (χ4v) is 1.39. The Hall–Kier alpha value is -1.09. The first-order valence-corrected chi connectivity index (χ1v) is 4.53.